The molecule has 3 nitrogen and oxygen atoms in total. The van der Waals surface area contributed by atoms with Gasteiger partial charge in [-0.3, -0.25) is 4.98 Å². The standard InChI is InChI=1S/C41H34N3/c1-5-15-33(16-6-1)29-39-31-44(32-43(39)30-34-24-26-35(27-25-34)40-23-13-14-28-42-40)41(36-17-7-2-8-18-36,37-19-9-3-10-20-37)38-21-11-4-12-22-38/h1-28,31-32H,29-30H2/q+1. The van der Waals surface area contributed by atoms with Crippen LogP contribution in [0.3, 0.4) is 0 Å². The fourth-order valence-electron chi connectivity index (χ4n) is 6.27. The maximum atomic E-state index is 4.53. The highest BCUT2D eigenvalue weighted by molar-refractivity contribution is 5.59. The Morgan fingerprint density at radius 3 is 1.57 bits per heavy atom. The van der Waals surface area contributed by atoms with Crippen LogP contribution in [0.4, 0.5) is 0 Å². The van der Waals surface area contributed by atoms with E-state index in [0.717, 1.165) is 24.2 Å². The molecule has 0 saturated heterocycles. The lowest BCUT2D eigenvalue weighted by molar-refractivity contribution is -0.734. The lowest BCUT2D eigenvalue weighted by Gasteiger charge is -2.32. The van der Waals surface area contributed by atoms with Crippen molar-refractivity contribution in [2.45, 2.75) is 18.5 Å². The Hall–Kier alpha value is -5.54. The van der Waals surface area contributed by atoms with Gasteiger partial charge in [-0.1, -0.05) is 152 Å². The van der Waals surface area contributed by atoms with Crippen LogP contribution in [-0.2, 0) is 18.5 Å². The van der Waals surface area contributed by atoms with Crippen LogP contribution in [0, 0.1) is 0 Å². The van der Waals surface area contributed by atoms with Gasteiger partial charge in [0.2, 0.25) is 6.33 Å². The third-order valence-corrected chi connectivity index (χ3v) is 8.38. The molecular weight excluding hydrogens is 534 g/mol. The molecule has 0 aliphatic rings. The Morgan fingerprint density at radius 2 is 1.05 bits per heavy atom. The summed E-state index contributed by atoms with van der Waals surface area (Å²) in [5.74, 6) is 0. The topological polar surface area (TPSA) is 21.7 Å². The van der Waals surface area contributed by atoms with Gasteiger partial charge in [0.15, 0.2) is 5.54 Å². The molecule has 0 fully saturated rings. The summed E-state index contributed by atoms with van der Waals surface area (Å²) < 4.78 is 4.83. The van der Waals surface area contributed by atoms with E-state index in [0.29, 0.717) is 0 Å². The van der Waals surface area contributed by atoms with Gasteiger partial charge in [0, 0.05) is 34.9 Å². The monoisotopic (exact) mass is 568 g/mol. The summed E-state index contributed by atoms with van der Waals surface area (Å²) in [6.45, 7) is 0.756. The minimum absolute atomic E-state index is 0.566. The highest BCUT2D eigenvalue weighted by Crippen LogP contribution is 2.36. The van der Waals surface area contributed by atoms with Gasteiger partial charge < -0.3 is 0 Å². The van der Waals surface area contributed by atoms with Crippen molar-refractivity contribution in [3.63, 3.8) is 0 Å². The Kier molecular flexibility index (Phi) is 7.67. The van der Waals surface area contributed by atoms with Crippen molar-refractivity contribution < 1.29 is 4.57 Å². The second-order valence-corrected chi connectivity index (χ2v) is 11.2. The third-order valence-electron chi connectivity index (χ3n) is 8.38. The number of aromatic nitrogens is 3. The van der Waals surface area contributed by atoms with Gasteiger partial charge in [0.05, 0.1) is 5.69 Å². The zero-order valence-electron chi connectivity index (χ0n) is 24.6. The first-order valence-electron chi connectivity index (χ1n) is 15.1. The first-order chi connectivity index (χ1) is 21.8. The Bertz CT molecular complexity index is 1820. The molecule has 212 valence electrons. The van der Waals surface area contributed by atoms with E-state index in [-0.39, 0.29) is 0 Å². The number of hydrogen-bond donors (Lipinski definition) is 0. The van der Waals surface area contributed by atoms with E-state index in [4.69, 9.17) is 0 Å². The molecule has 0 aliphatic heterocycles. The molecule has 0 aliphatic carbocycles. The molecule has 0 radical (unpaired) electrons. The molecule has 0 bridgehead atoms. The fraction of sp³-hybridized carbons (Fsp3) is 0.0732. The van der Waals surface area contributed by atoms with Crippen LogP contribution < -0.4 is 4.57 Å². The second kappa shape index (κ2) is 12.4. The van der Waals surface area contributed by atoms with Gasteiger partial charge >= 0.3 is 0 Å². The average Bonchev–Trinajstić information content (AvgIpc) is 3.49. The molecule has 0 amide bonds. The van der Waals surface area contributed by atoms with E-state index in [1.807, 2.05) is 18.3 Å². The van der Waals surface area contributed by atoms with Gasteiger partial charge in [0.1, 0.15) is 18.4 Å². The molecule has 7 rings (SSSR count). The molecule has 3 heteroatoms. The average molecular weight is 569 g/mol. The normalized spacial score (nSPS) is 11.4. The number of rotatable bonds is 9. The van der Waals surface area contributed by atoms with Crippen molar-refractivity contribution >= 4 is 0 Å². The molecular formula is C41H34N3+. The summed E-state index contributed by atoms with van der Waals surface area (Å²) in [6.07, 6.45) is 7.32. The first kappa shape index (κ1) is 27.3. The molecule has 7 aromatic rings. The Morgan fingerprint density at radius 1 is 0.523 bits per heavy atom. The fourth-order valence-corrected chi connectivity index (χ4v) is 6.27. The molecule has 5 aromatic carbocycles. The quantitative estimate of drug-likeness (QED) is 0.127. The van der Waals surface area contributed by atoms with Crippen molar-refractivity contribution in [1.29, 1.82) is 0 Å². The van der Waals surface area contributed by atoms with Gasteiger partial charge in [-0.25, -0.2) is 9.13 Å². The third kappa shape index (κ3) is 5.36. The van der Waals surface area contributed by atoms with Crippen LogP contribution in [0.2, 0.25) is 0 Å². The zero-order chi connectivity index (χ0) is 29.6. The Balaban J connectivity index is 1.39. The summed E-state index contributed by atoms with van der Waals surface area (Å²) in [4.78, 5) is 4.53. The Labute approximate surface area is 259 Å². The highest BCUT2D eigenvalue weighted by atomic mass is 15.2. The summed E-state index contributed by atoms with van der Waals surface area (Å²) >= 11 is 0. The lowest BCUT2D eigenvalue weighted by atomic mass is 9.77. The van der Waals surface area contributed by atoms with Crippen molar-refractivity contribution in [2.24, 2.45) is 0 Å². The molecule has 44 heavy (non-hydrogen) atoms. The van der Waals surface area contributed by atoms with Crippen molar-refractivity contribution in [1.82, 2.24) is 9.55 Å². The summed E-state index contributed by atoms with van der Waals surface area (Å²) in [5, 5.41) is 0. The molecule has 2 aromatic heterocycles. The van der Waals surface area contributed by atoms with Crippen LogP contribution in [0.1, 0.15) is 33.5 Å². The maximum absolute atomic E-state index is 4.53. The van der Waals surface area contributed by atoms with Crippen molar-refractivity contribution in [3.8, 4) is 11.3 Å². The van der Waals surface area contributed by atoms with Gasteiger partial charge in [-0.15, -0.1) is 0 Å². The number of imidazole rings is 1. The van der Waals surface area contributed by atoms with E-state index in [1.54, 1.807) is 0 Å². The van der Waals surface area contributed by atoms with Crippen LogP contribution in [0.15, 0.2) is 183 Å². The molecule has 0 atom stereocenters. The number of nitrogens with zero attached hydrogens (tertiary/aromatic N) is 3. The highest BCUT2D eigenvalue weighted by Gasteiger charge is 2.43. The summed E-state index contributed by atoms with van der Waals surface area (Å²) in [7, 11) is 0. The van der Waals surface area contributed by atoms with E-state index in [9.17, 15) is 0 Å². The van der Waals surface area contributed by atoms with E-state index >= 15 is 0 Å². The van der Waals surface area contributed by atoms with Crippen LogP contribution >= 0.6 is 0 Å². The van der Waals surface area contributed by atoms with Crippen LogP contribution in [0.25, 0.3) is 11.3 Å². The van der Waals surface area contributed by atoms with Crippen LogP contribution in [-0.4, -0.2) is 9.55 Å². The van der Waals surface area contributed by atoms with Gasteiger partial charge in [-0.05, 0) is 23.3 Å². The zero-order valence-corrected chi connectivity index (χ0v) is 24.6. The number of benzene rings is 5. The molecule has 0 spiro atoms. The summed E-state index contributed by atoms with van der Waals surface area (Å²) in [6, 6.07) is 58.2. The lowest BCUT2D eigenvalue weighted by Crippen LogP contribution is -2.57. The van der Waals surface area contributed by atoms with Gasteiger partial charge in [-0.2, -0.15) is 0 Å². The predicted molar refractivity (Wildman–Crippen MR) is 177 cm³/mol. The van der Waals surface area contributed by atoms with Crippen molar-refractivity contribution in [3.05, 3.63) is 216 Å². The minimum atomic E-state index is -0.566. The first-order valence-corrected chi connectivity index (χ1v) is 15.1. The maximum Gasteiger partial charge on any atom is 0.245 e. The summed E-state index contributed by atoms with van der Waals surface area (Å²) in [5.41, 5.74) is 8.96. The molecule has 0 saturated carbocycles. The minimum Gasteiger partial charge on any atom is -0.256 e. The van der Waals surface area contributed by atoms with E-state index < -0.39 is 5.54 Å². The smallest absolute Gasteiger partial charge is 0.245 e. The predicted octanol–water partition coefficient (Wildman–Crippen LogP) is 8.32. The second-order valence-electron chi connectivity index (χ2n) is 11.2. The SMILES string of the molecule is c1ccc(Cc2c[n+](C(c3ccccc3)(c3ccccc3)c3ccccc3)cn2Cc2ccc(-c3ccccn3)cc2)cc1. The van der Waals surface area contributed by atoms with Crippen molar-refractivity contribution in [2.75, 3.05) is 0 Å². The number of hydrogen-bond acceptors (Lipinski definition) is 1. The van der Waals surface area contributed by atoms with Gasteiger partial charge in [0.25, 0.3) is 0 Å². The molecule has 0 unspecified atom stereocenters. The molecule has 2 heterocycles. The number of pyridine rings is 1. The van der Waals surface area contributed by atoms with Crippen LogP contribution in [0.5, 0.6) is 0 Å². The molecule has 0 N–H and O–H groups in total. The van der Waals surface area contributed by atoms with E-state index in [2.05, 4.69) is 178 Å². The largest absolute Gasteiger partial charge is 0.256 e. The van der Waals surface area contributed by atoms with E-state index in [1.165, 1.54) is 33.5 Å².